The smallest absolute Gasteiger partial charge is 0.319 e. The van der Waals surface area contributed by atoms with Gasteiger partial charge in [0.25, 0.3) is 8.32 Å². The molecule has 0 radical (unpaired) electrons. The zero-order valence-electron chi connectivity index (χ0n) is 44.2. The highest BCUT2D eigenvalue weighted by Gasteiger charge is 2.51. The molecule has 0 amide bonds. The summed E-state index contributed by atoms with van der Waals surface area (Å²) in [4.78, 5) is 26.7. The summed E-state index contributed by atoms with van der Waals surface area (Å²) in [6.45, 7) is 9.64. The average molecular weight is 1070 g/mol. The molecule has 3 aliphatic heterocycles. The van der Waals surface area contributed by atoms with Crippen LogP contribution in [0.5, 0.6) is 23.4 Å². The number of ether oxygens (including phenoxy) is 4. The first kappa shape index (κ1) is 51.7. The monoisotopic (exact) mass is 1070 g/mol. The van der Waals surface area contributed by atoms with Gasteiger partial charge >= 0.3 is 6.01 Å². The molecule has 7 aromatic rings. The van der Waals surface area contributed by atoms with E-state index in [2.05, 4.69) is 79.1 Å². The summed E-state index contributed by atoms with van der Waals surface area (Å²) in [5.74, 6) is 2.01. The SMILES string of the molecule is COc1ccc(CN(Cc2ccc(OC)cc2)c2cc(Cl)c(C3CC3)c(-c3nc4c5c(nc(OC[C@@]67CCCN6C[C@H](F)C7)nc5c3F)N(C)[C@@H](CCO[Si](c3ccccc3)(c3ccccc3)C(C)(C)C)CO4)n2)cc1. The third kappa shape index (κ3) is 9.95. The van der Waals surface area contributed by atoms with E-state index in [4.69, 9.17) is 54.9 Å². The fourth-order valence-corrected chi connectivity index (χ4v) is 16.8. The summed E-state index contributed by atoms with van der Waals surface area (Å²) < 4.78 is 65.0. The van der Waals surface area contributed by atoms with Gasteiger partial charge in [-0.2, -0.15) is 9.97 Å². The van der Waals surface area contributed by atoms with Gasteiger partial charge in [0.2, 0.25) is 5.88 Å². The molecule has 396 valence electrons. The summed E-state index contributed by atoms with van der Waals surface area (Å²) in [6.07, 6.45) is 3.45. The molecule has 4 aliphatic rings. The van der Waals surface area contributed by atoms with Crippen LogP contribution in [0.25, 0.3) is 22.3 Å². The molecule has 0 spiro atoms. The van der Waals surface area contributed by atoms with Crippen LogP contribution >= 0.6 is 11.6 Å². The largest absolute Gasteiger partial charge is 0.497 e. The van der Waals surface area contributed by atoms with E-state index in [0.717, 1.165) is 60.4 Å². The van der Waals surface area contributed by atoms with Crippen LogP contribution in [-0.4, -0.2) is 105 Å². The number of likely N-dealkylation sites (N-methyl/N-ethyl adjacent to an activating group) is 1. The van der Waals surface area contributed by atoms with E-state index in [0.29, 0.717) is 66.8 Å². The van der Waals surface area contributed by atoms with Gasteiger partial charge in [-0.05, 0) is 101 Å². The predicted octanol–water partition coefficient (Wildman–Crippen LogP) is 11.1. The molecule has 3 atom stereocenters. The molecular formula is C60H66ClF2N7O5Si. The molecule has 12 nitrogen and oxygen atoms in total. The predicted molar refractivity (Wildman–Crippen MR) is 298 cm³/mol. The molecule has 0 N–H and O–H groups in total. The molecule has 3 fully saturated rings. The van der Waals surface area contributed by atoms with E-state index >= 15 is 8.78 Å². The van der Waals surface area contributed by atoms with E-state index in [-0.39, 0.29) is 53.3 Å². The van der Waals surface area contributed by atoms with Crippen molar-refractivity contribution in [2.45, 2.75) is 101 Å². The van der Waals surface area contributed by atoms with Crippen molar-refractivity contribution in [3.63, 3.8) is 0 Å². The van der Waals surface area contributed by atoms with Gasteiger partial charge in [-0.1, -0.05) is 117 Å². The van der Waals surface area contributed by atoms with Gasteiger partial charge < -0.3 is 33.2 Å². The number of fused-ring (bicyclic) bond motifs is 1. The molecule has 76 heavy (non-hydrogen) atoms. The maximum atomic E-state index is 18.3. The fourth-order valence-electron chi connectivity index (χ4n) is 11.9. The molecule has 0 unspecified atom stereocenters. The zero-order valence-corrected chi connectivity index (χ0v) is 46.0. The van der Waals surface area contributed by atoms with Crippen molar-refractivity contribution in [1.29, 1.82) is 0 Å². The first-order valence-electron chi connectivity index (χ1n) is 26.5. The van der Waals surface area contributed by atoms with Gasteiger partial charge in [-0.15, -0.1) is 0 Å². The van der Waals surface area contributed by atoms with Crippen LogP contribution in [0.2, 0.25) is 10.1 Å². The summed E-state index contributed by atoms with van der Waals surface area (Å²) in [7, 11) is 2.35. The van der Waals surface area contributed by atoms with Crippen LogP contribution < -0.4 is 39.1 Å². The van der Waals surface area contributed by atoms with Crippen molar-refractivity contribution in [1.82, 2.24) is 24.8 Å². The molecule has 16 heteroatoms. The number of anilines is 2. The van der Waals surface area contributed by atoms with E-state index < -0.39 is 25.8 Å². The fraction of sp³-hybridized carbons (Fsp3) is 0.400. The Hall–Kier alpha value is -6.39. The second-order valence-corrected chi connectivity index (χ2v) is 26.6. The van der Waals surface area contributed by atoms with Crippen molar-refractivity contribution in [3.8, 4) is 34.8 Å². The van der Waals surface area contributed by atoms with Gasteiger partial charge in [-0.25, -0.2) is 18.7 Å². The lowest BCUT2D eigenvalue weighted by Crippen LogP contribution is -2.66. The highest BCUT2D eigenvalue weighted by Crippen LogP contribution is 2.50. The first-order valence-corrected chi connectivity index (χ1v) is 28.8. The number of hydrogen-bond donors (Lipinski definition) is 0. The molecule has 1 saturated carbocycles. The Labute approximate surface area is 450 Å². The zero-order chi connectivity index (χ0) is 52.8. The number of benzene rings is 4. The lowest BCUT2D eigenvalue weighted by molar-refractivity contribution is 0.107. The summed E-state index contributed by atoms with van der Waals surface area (Å²) in [5.41, 5.74) is 2.56. The molecule has 0 bridgehead atoms. The second-order valence-electron chi connectivity index (χ2n) is 21.9. The number of alkyl halides is 1. The normalized spacial score (nSPS) is 19.6. The molecule has 1 aliphatic carbocycles. The van der Waals surface area contributed by atoms with Crippen LogP contribution in [-0.2, 0) is 17.5 Å². The Morgan fingerprint density at radius 1 is 0.829 bits per heavy atom. The highest BCUT2D eigenvalue weighted by molar-refractivity contribution is 6.99. The highest BCUT2D eigenvalue weighted by atomic mass is 35.5. The van der Waals surface area contributed by atoms with Crippen molar-refractivity contribution in [3.05, 3.63) is 143 Å². The number of halogens is 3. The van der Waals surface area contributed by atoms with Crippen molar-refractivity contribution in [2.75, 3.05) is 64.0 Å². The van der Waals surface area contributed by atoms with Crippen molar-refractivity contribution < 1.29 is 32.2 Å². The average Bonchev–Trinajstić information content (AvgIpc) is 4.15. The number of rotatable bonds is 18. The first-order chi connectivity index (χ1) is 36.8. The maximum Gasteiger partial charge on any atom is 0.319 e. The van der Waals surface area contributed by atoms with Crippen LogP contribution in [0, 0.1) is 5.82 Å². The van der Waals surface area contributed by atoms with Crippen LogP contribution in [0.4, 0.5) is 20.4 Å². The molecule has 3 aromatic heterocycles. The van der Waals surface area contributed by atoms with Gasteiger partial charge in [-0.3, -0.25) is 4.90 Å². The third-order valence-corrected chi connectivity index (χ3v) is 21.4. The minimum Gasteiger partial charge on any atom is -0.497 e. The van der Waals surface area contributed by atoms with Gasteiger partial charge in [0, 0.05) is 50.3 Å². The Morgan fingerprint density at radius 3 is 2.05 bits per heavy atom. The van der Waals surface area contributed by atoms with Crippen molar-refractivity contribution in [2.24, 2.45) is 0 Å². The van der Waals surface area contributed by atoms with Crippen LogP contribution in [0.1, 0.15) is 81.9 Å². The Morgan fingerprint density at radius 2 is 1.46 bits per heavy atom. The Bertz CT molecular complexity index is 3100. The summed E-state index contributed by atoms with van der Waals surface area (Å²) in [5, 5.41) is 2.95. The van der Waals surface area contributed by atoms with Crippen molar-refractivity contribution >= 4 is 52.8 Å². The summed E-state index contributed by atoms with van der Waals surface area (Å²) >= 11 is 7.39. The quantitative estimate of drug-likeness (QED) is 0.0764. The van der Waals surface area contributed by atoms with E-state index in [1.807, 2.05) is 78.7 Å². The molecule has 4 aromatic carbocycles. The molecule has 2 saturated heterocycles. The van der Waals surface area contributed by atoms with E-state index in [1.54, 1.807) is 14.2 Å². The topological polar surface area (TPSA) is 107 Å². The molecule has 11 rings (SSSR count). The standard InChI is InChI=1S/C60H66ClF2N7O5Si/c1-59(2,3)76(46-14-9-7-10-15-46,47-16-11-8-12-17-47)75-31-28-43-37-73-57-51-53(66-58(67-56(51)68(43)4)74-38-60-29-13-30-70(60)36-42(62)33-60)52(63)55(65-57)54-50(41-22-23-41)48(61)32-49(64-54)69(34-39-18-24-44(71-5)25-19-39)35-40-20-26-45(72-6)27-21-40/h7-12,14-21,24-27,32,41-43H,13,22-23,28-31,33-38H2,1-6H3/t42-,43+,60+/m1/s1. The minimum absolute atomic E-state index is 0.00332. The minimum atomic E-state index is -2.89. The molecule has 6 heterocycles. The van der Waals surface area contributed by atoms with Gasteiger partial charge in [0.15, 0.2) is 5.82 Å². The summed E-state index contributed by atoms with van der Waals surface area (Å²) in [6, 6.07) is 38.6. The number of pyridine rings is 2. The number of nitrogens with zero attached hydrogens (tertiary/aromatic N) is 7. The van der Waals surface area contributed by atoms with E-state index in [1.165, 1.54) is 10.4 Å². The van der Waals surface area contributed by atoms with Gasteiger partial charge in [0.05, 0.1) is 31.5 Å². The second kappa shape index (κ2) is 21.2. The lowest BCUT2D eigenvalue weighted by Gasteiger charge is -2.43. The Kier molecular flexibility index (Phi) is 14.4. The lowest BCUT2D eigenvalue weighted by atomic mass is 9.95. The van der Waals surface area contributed by atoms with Crippen LogP contribution in [0.3, 0.4) is 0 Å². The van der Waals surface area contributed by atoms with Crippen LogP contribution in [0.15, 0.2) is 115 Å². The molecular weight excluding hydrogens is 1000 g/mol. The maximum absolute atomic E-state index is 18.3. The van der Waals surface area contributed by atoms with E-state index in [9.17, 15) is 0 Å². The van der Waals surface area contributed by atoms with Gasteiger partial charge in [0.1, 0.15) is 59.1 Å². The number of methoxy groups -OCH3 is 2. The number of hydrogen-bond acceptors (Lipinski definition) is 12. The number of aromatic nitrogens is 4. The Balaban J connectivity index is 0.999. The third-order valence-electron chi connectivity index (χ3n) is 16.0.